The van der Waals surface area contributed by atoms with Crippen LogP contribution in [-0.4, -0.2) is 58.6 Å². The first-order chi connectivity index (χ1) is 11.4. The third-order valence-electron chi connectivity index (χ3n) is 3.36. The molecular formula is C14H18F3N3O3S. The maximum atomic E-state index is 12.0. The van der Waals surface area contributed by atoms with E-state index in [1.807, 2.05) is 6.08 Å². The zero-order chi connectivity index (χ0) is 17.6. The summed E-state index contributed by atoms with van der Waals surface area (Å²) in [5.74, 6) is 0.306. The number of hydrogen-bond acceptors (Lipinski definition) is 6. The molecule has 0 saturated carbocycles. The standard InChI is InChI=1S/C14H18F3N3O3S/c1-10(21)20-5-2-3-11(9-20)12-13(19-24-18-12)23-8-7-22-6-4-14(15,16)17/h3H,2,4-9H2,1H3. The fraction of sp³-hybridized carbons (Fsp3) is 0.643. The van der Waals surface area contributed by atoms with Crippen molar-refractivity contribution >= 4 is 23.2 Å². The molecular weight excluding hydrogens is 347 g/mol. The minimum atomic E-state index is -4.22. The van der Waals surface area contributed by atoms with Gasteiger partial charge in [-0.3, -0.25) is 4.79 Å². The van der Waals surface area contributed by atoms with Gasteiger partial charge in [0.15, 0.2) is 0 Å². The monoisotopic (exact) mass is 365 g/mol. The number of ether oxygens (including phenoxy) is 2. The summed E-state index contributed by atoms with van der Waals surface area (Å²) < 4.78 is 54.5. The Bertz CT molecular complexity index is 589. The third kappa shape index (κ3) is 5.75. The van der Waals surface area contributed by atoms with Gasteiger partial charge in [0.05, 0.1) is 31.4 Å². The highest BCUT2D eigenvalue weighted by Gasteiger charge is 2.26. The highest BCUT2D eigenvalue weighted by Crippen LogP contribution is 2.27. The van der Waals surface area contributed by atoms with Crippen molar-refractivity contribution in [3.05, 3.63) is 11.8 Å². The number of rotatable bonds is 7. The second-order valence-electron chi connectivity index (χ2n) is 5.20. The summed E-state index contributed by atoms with van der Waals surface area (Å²) in [7, 11) is 0. The number of aromatic nitrogens is 2. The molecule has 2 rings (SSSR count). The fourth-order valence-electron chi connectivity index (χ4n) is 2.14. The molecule has 1 amide bonds. The van der Waals surface area contributed by atoms with Gasteiger partial charge in [0.1, 0.15) is 12.3 Å². The SMILES string of the molecule is CC(=O)N1CCC=C(c2nsnc2OCCOCCC(F)(F)F)C1. The van der Waals surface area contributed by atoms with Crippen LogP contribution in [0.5, 0.6) is 5.88 Å². The van der Waals surface area contributed by atoms with Crippen LogP contribution in [0, 0.1) is 0 Å². The molecule has 10 heteroatoms. The van der Waals surface area contributed by atoms with E-state index in [0.29, 0.717) is 24.7 Å². The van der Waals surface area contributed by atoms with Crippen molar-refractivity contribution in [3.8, 4) is 5.88 Å². The van der Waals surface area contributed by atoms with Gasteiger partial charge < -0.3 is 14.4 Å². The summed E-state index contributed by atoms with van der Waals surface area (Å²) in [6.45, 7) is 2.34. The molecule has 0 aliphatic carbocycles. The molecule has 0 N–H and O–H groups in total. The first kappa shape index (κ1) is 18.7. The van der Waals surface area contributed by atoms with Gasteiger partial charge in [-0.25, -0.2) is 0 Å². The van der Waals surface area contributed by atoms with E-state index in [2.05, 4.69) is 8.75 Å². The van der Waals surface area contributed by atoms with Gasteiger partial charge >= 0.3 is 6.18 Å². The van der Waals surface area contributed by atoms with Crippen LogP contribution in [0.15, 0.2) is 6.08 Å². The van der Waals surface area contributed by atoms with E-state index in [9.17, 15) is 18.0 Å². The highest BCUT2D eigenvalue weighted by atomic mass is 32.1. The predicted octanol–water partition coefficient (Wildman–Crippen LogP) is 2.52. The molecule has 0 fully saturated rings. The first-order valence-corrected chi connectivity index (χ1v) is 8.14. The molecule has 134 valence electrons. The van der Waals surface area contributed by atoms with Crippen molar-refractivity contribution < 1.29 is 27.4 Å². The average Bonchev–Trinajstić information content (AvgIpc) is 2.98. The zero-order valence-corrected chi connectivity index (χ0v) is 14.0. The summed E-state index contributed by atoms with van der Waals surface area (Å²) in [6.07, 6.45) is -2.48. The molecule has 0 saturated heterocycles. The van der Waals surface area contributed by atoms with Crippen LogP contribution >= 0.6 is 11.7 Å². The van der Waals surface area contributed by atoms with E-state index in [1.54, 1.807) is 4.90 Å². The van der Waals surface area contributed by atoms with E-state index < -0.39 is 19.2 Å². The summed E-state index contributed by atoms with van der Waals surface area (Å²) in [4.78, 5) is 13.2. The number of amides is 1. The zero-order valence-electron chi connectivity index (χ0n) is 13.1. The Morgan fingerprint density at radius 1 is 1.33 bits per heavy atom. The van der Waals surface area contributed by atoms with Crippen molar-refractivity contribution in [2.24, 2.45) is 0 Å². The quantitative estimate of drug-likeness (QED) is 0.695. The molecule has 6 nitrogen and oxygen atoms in total. The van der Waals surface area contributed by atoms with Crippen LogP contribution in [0.2, 0.25) is 0 Å². The summed E-state index contributed by atoms with van der Waals surface area (Å²) >= 11 is 0.982. The predicted molar refractivity (Wildman–Crippen MR) is 81.7 cm³/mol. The number of alkyl halides is 3. The van der Waals surface area contributed by atoms with Crippen LogP contribution in [-0.2, 0) is 9.53 Å². The molecule has 1 aromatic rings. The minimum absolute atomic E-state index is 0.00989. The number of hydrogen-bond donors (Lipinski definition) is 0. The lowest BCUT2D eigenvalue weighted by molar-refractivity contribution is -0.145. The molecule has 1 aliphatic rings. The van der Waals surface area contributed by atoms with E-state index in [0.717, 1.165) is 23.7 Å². The fourth-order valence-corrected chi connectivity index (χ4v) is 2.67. The molecule has 0 radical (unpaired) electrons. The number of nitrogens with zero attached hydrogens (tertiary/aromatic N) is 3. The van der Waals surface area contributed by atoms with Crippen LogP contribution in [0.3, 0.4) is 0 Å². The molecule has 1 aliphatic heterocycles. The van der Waals surface area contributed by atoms with Crippen LogP contribution in [0.1, 0.15) is 25.5 Å². The van der Waals surface area contributed by atoms with Crippen LogP contribution in [0.4, 0.5) is 13.2 Å². The lowest BCUT2D eigenvalue weighted by Gasteiger charge is -2.25. The average molecular weight is 365 g/mol. The van der Waals surface area contributed by atoms with Crippen molar-refractivity contribution in [1.29, 1.82) is 0 Å². The maximum Gasteiger partial charge on any atom is 0.391 e. The van der Waals surface area contributed by atoms with E-state index in [1.165, 1.54) is 6.92 Å². The lowest BCUT2D eigenvalue weighted by Crippen LogP contribution is -2.33. The maximum absolute atomic E-state index is 12.0. The number of carbonyl (C=O) groups is 1. The normalized spacial score (nSPS) is 15.3. The van der Waals surface area contributed by atoms with Crippen LogP contribution in [0.25, 0.3) is 5.57 Å². The van der Waals surface area contributed by atoms with Gasteiger partial charge in [0.25, 0.3) is 5.88 Å². The van der Waals surface area contributed by atoms with Crippen molar-refractivity contribution in [1.82, 2.24) is 13.6 Å². The Balaban J connectivity index is 1.81. The topological polar surface area (TPSA) is 64.6 Å². The minimum Gasteiger partial charge on any atom is -0.473 e. The Kier molecular flexibility index (Phi) is 6.55. The molecule has 0 bridgehead atoms. The van der Waals surface area contributed by atoms with Gasteiger partial charge in [-0.15, -0.1) is 4.37 Å². The number of carbonyl (C=O) groups excluding carboxylic acids is 1. The van der Waals surface area contributed by atoms with Gasteiger partial charge in [0.2, 0.25) is 5.91 Å². The van der Waals surface area contributed by atoms with E-state index in [4.69, 9.17) is 9.47 Å². The summed E-state index contributed by atoms with van der Waals surface area (Å²) in [6, 6.07) is 0. The Labute approximate surface area is 141 Å². The number of halogens is 3. The van der Waals surface area contributed by atoms with Crippen molar-refractivity contribution in [3.63, 3.8) is 0 Å². The van der Waals surface area contributed by atoms with Gasteiger partial charge in [-0.05, 0) is 12.0 Å². The third-order valence-corrected chi connectivity index (χ3v) is 3.87. The van der Waals surface area contributed by atoms with E-state index >= 15 is 0 Å². The van der Waals surface area contributed by atoms with Gasteiger partial charge in [0, 0.05) is 20.0 Å². The molecule has 24 heavy (non-hydrogen) atoms. The molecule has 1 aromatic heterocycles. The van der Waals surface area contributed by atoms with E-state index in [-0.39, 0.29) is 19.1 Å². The second kappa shape index (κ2) is 8.43. The lowest BCUT2D eigenvalue weighted by atomic mass is 10.1. The largest absolute Gasteiger partial charge is 0.473 e. The highest BCUT2D eigenvalue weighted by molar-refractivity contribution is 6.99. The molecule has 0 aromatic carbocycles. The summed E-state index contributed by atoms with van der Waals surface area (Å²) in [5, 5.41) is 0. The smallest absolute Gasteiger partial charge is 0.391 e. The second-order valence-corrected chi connectivity index (χ2v) is 5.73. The molecule has 0 unspecified atom stereocenters. The Morgan fingerprint density at radius 2 is 2.12 bits per heavy atom. The Hall–Kier alpha value is -1.68. The molecule has 2 heterocycles. The van der Waals surface area contributed by atoms with Gasteiger partial charge in [-0.1, -0.05) is 6.08 Å². The van der Waals surface area contributed by atoms with Crippen molar-refractivity contribution in [2.75, 3.05) is 32.9 Å². The summed E-state index contributed by atoms with van der Waals surface area (Å²) in [5.41, 5.74) is 1.43. The molecule has 0 atom stereocenters. The Morgan fingerprint density at radius 3 is 2.83 bits per heavy atom. The van der Waals surface area contributed by atoms with Crippen molar-refractivity contribution in [2.45, 2.75) is 25.9 Å². The molecule has 0 spiro atoms. The first-order valence-electron chi connectivity index (χ1n) is 7.41. The van der Waals surface area contributed by atoms with Crippen LogP contribution < -0.4 is 4.74 Å². The van der Waals surface area contributed by atoms with Gasteiger partial charge in [-0.2, -0.15) is 17.5 Å².